The molecule has 1 heterocycles. The molecule has 0 aliphatic carbocycles. The van der Waals surface area contributed by atoms with E-state index in [1.54, 1.807) is 36.4 Å². The molecule has 1 aliphatic rings. The molecule has 0 unspecified atom stereocenters. The van der Waals surface area contributed by atoms with Crippen LogP contribution in [0.3, 0.4) is 0 Å². The maximum absolute atomic E-state index is 13.4. The molecule has 0 spiro atoms. The summed E-state index contributed by atoms with van der Waals surface area (Å²) in [6, 6.07) is 12.0. The third kappa shape index (κ3) is 4.40. The maximum Gasteiger partial charge on any atom is 0.264 e. The molecule has 0 saturated carbocycles. The second kappa shape index (κ2) is 8.06. The van der Waals surface area contributed by atoms with Gasteiger partial charge in [-0.1, -0.05) is 37.6 Å². The van der Waals surface area contributed by atoms with Crippen molar-refractivity contribution in [2.75, 3.05) is 10.8 Å². The highest BCUT2D eigenvalue weighted by molar-refractivity contribution is 7.92. The number of hydrogen-bond acceptors (Lipinski definition) is 4. The molecule has 1 amide bonds. The van der Waals surface area contributed by atoms with Crippen molar-refractivity contribution in [2.24, 2.45) is 5.92 Å². The summed E-state index contributed by atoms with van der Waals surface area (Å²) < 4.78 is 34.0. The highest BCUT2D eigenvalue weighted by Crippen LogP contribution is 2.37. The first kappa shape index (κ1) is 21.2. The van der Waals surface area contributed by atoms with Crippen LogP contribution in [0.5, 0.6) is 5.75 Å². The van der Waals surface area contributed by atoms with Crippen molar-refractivity contribution in [2.45, 2.75) is 51.7 Å². The van der Waals surface area contributed by atoms with Crippen molar-refractivity contribution >= 4 is 21.6 Å². The summed E-state index contributed by atoms with van der Waals surface area (Å²) in [6.07, 6.45) is -0.925. The van der Waals surface area contributed by atoms with Crippen LogP contribution < -0.4 is 14.4 Å². The molecule has 2 aromatic rings. The molecule has 1 N–H and O–H groups in total. The number of anilines is 1. The van der Waals surface area contributed by atoms with E-state index in [-0.39, 0.29) is 29.3 Å². The van der Waals surface area contributed by atoms with Gasteiger partial charge in [0.05, 0.1) is 17.1 Å². The van der Waals surface area contributed by atoms with Gasteiger partial charge in [0.1, 0.15) is 5.75 Å². The number of nitrogens with one attached hydrogen (secondary N) is 1. The smallest absolute Gasteiger partial charge is 0.264 e. The quantitative estimate of drug-likeness (QED) is 0.810. The number of hydrogen-bond donors (Lipinski definition) is 1. The molecule has 6 nitrogen and oxygen atoms in total. The fourth-order valence-corrected chi connectivity index (χ4v) is 4.52. The number of carbonyl (C=O) groups is 1. The zero-order valence-electron chi connectivity index (χ0n) is 17.5. The summed E-state index contributed by atoms with van der Waals surface area (Å²) in [5, 5.41) is 2.93. The molecular weight excluding hydrogens is 388 g/mol. The van der Waals surface area contributed by atoms with Crippen LogP contribution in [0.25, 0.3) is 0 Å². The van der Waals surface area contributed by atoms with E-state index in [0.29, 0.717) is 11.4 Å². The number of fused-ring (bicyclic) bond motifs is 1. The zero-order valence-corrected chi connectivity index (χ0v) is 18.3. The molecule has 7 heteroatoms. The predicted octanol–water partition coefficient (Wildman–Crippen LogP) is 3.42. The molecule has 0 bridgehead atoms. The number of ether oxygens (including phenoxy) is 1. The van der Waals surface area contributed by atoms with Crippen LogP contribution in [-0.4, -0.2) is 33.0 Å². The van der Waals surface area contributed by atoms with Gasteiger partial charge in [-0.2, -0.15) is 0 Å². The summed E-state index contributed by atoms with van der Waals surface area (Å²) >= 11 is 0. The Kier molecular flexibility index (Phi) is 5.89. The molecule has 0 aromatic heterocycles. The molecule has 0 fully saturated rings. The number of benzene rings is 2. The fourth-order valence-electron chi connectivity index (χ4n) is 3.05. The van der Waals surface area contributed by atoms with E-state index >= 15 is 0 Å². The predicted molar refractivity (Wildman–Crippen MR) is 114 cm³/mol. The summed E-state index contributed by atoms with van der Waals surface area (Å²) in [5.74, 6) is 0.330. The number of carbonyl (C=O) groups excluding carboxylic acids is 1. The second-order valence-corrected chi connectivity index (χ2v) is 9.83. The molecule has 3 rings (SSSR count). The Hall–Kier alpha value is -2.54. The molecule has 156 valence electrons. The lowest BCUT2D eigenvalue weighted by molar-refractivity contribution is -0.128. The number of amides is 1. The van der Waals surface area contributed by atoms with Crippen LogP contribution in [0.1, 0.15) is 31.9 Å². The number of rotatable bonds is 5. The molecule has 2 atom stereocenters. The van der Waals surface area contributed by atoms with Crippen LogP contribution in [0.2, 0.25) is 0 Å². The molecule has 2 aromatic carbocycles. The number of sulfonamides is 1. The Labute approximate surface area is 172 Å². The van der Waals surface area contributed by atoms with Gasteiger partial charge in [-0.25, -0.2) is 8.42 Å². The van der Waals surface area contributed by atoms with Gasteiger partial charge < -0.3 is 10.1 Å². The van der Waals surface area contributed by atoms with Gasteiger partial charge in [0, 0.05) is 6.04 Å². The Morgan fingerprint density at radius 2 is 1.69 bits per heavy atom. The lowest BCUT2D eigenvalue weighted by Crippen LogP contribution is -2.52. The van der Waals surface area contributed by atoms with Gasteiger partial charge in [0.25, 0.3) is 15.9 Å². The molecule has 1 aliphatic heterocycles. The molecule has 29 heavy (non-hydrogen) atoms. The lowest BCUT2D eigenvalue weighted by Gasteiger charge is -2.35. The molecular formula is C22H28N2O4S. The van der Waals surface area contributed by atoms with Gasteiger partial charge in [0.2, 0.25) is 0 Å². The average Bonchev–Trinajstić information content (AvgIpc) is 2.66. The zero-order chi connectivity index (χ0) is 21.3. The van der Waals surface area contributed by atoms with Crippen LogP contribution >= 0.6 is 0 Å². The van der Waals surface area contributed by atoms with Gasteiger partial charge in [0.15, 0.2) is 6.10 Å². The Balaban J connectivity index is 1.99. The van der Waals surface area contributed by atoms with E-state index in [4.69, 9.17) is 4.74 Å². The third-order valence-electron chi connectivity index (χ3n) is 5.26. The average molecular weight is 417 g/mol. The summed E-state index contributed by atoms with van der Waals surface area (Å²) in [7, 11) is -3.84. The number of nitrogens with zero attached hydrogens (tertiary/aromatic N) is 1. The van der Waals surface area contributed by atoms with E-state index in [1.165, 1.54) is 4.31 Å². The van der Waals surface area contributed by atoms with E-state index in [1.807, 2.05) is 40.7 Å². The first-order valence-electron chi connectivity index (χ1n) is 9.76. The largest absolute Gasteiger partial charge is 0.476 e. The minimum absolute atomic E-state index is 0.0489. The van der Waals surface area contributed by atoms with Crippen LogP contribution in [0, 0.1) is 19.8 Å². The standard InChI is InChI=1S/C22H28N2O4S/c1-14(2)17(5)23-22(25)21-13-24(19-11-8-16(4)12-20(19)28-21)29(26,27)18-9-6-15(3)7-10-18/h6-12,14,17,21H,13H2,1-5H3,(H,23,25)/t17-,21+/m0/s1. The highest BCUT2D eigenvalue weighted by Gasteiger charge is 2.38. The van der Waals surface area contributed by atoms with E-state index in [0.717, 1.165) is 11.1 Å². The minimum Gasteiger partial charge on any atom is -0.476 e. The van der Waals surface area contributed by atoms with Gasteiger partial charge in [-0.15, -0.1) is 0 Å². The first-order chi connectivity index (χ1) is 13.6. The van der Waals surface area contributed by atoms with Gasteiger partial charge >= 0.3 is 0 Å². The summed E-state index contributed by atoms with van der Waals surface area (Å²) in [5.41, 5.74) is 2.34. The maximum atomic E-state index is 13.4. The van der Waals surface area contributed by atoms with Crippen molar-refractivity contribution in [1.29, 1.82) is 0 Å². The molecule has 0 radical (unpaired) electrons. The summed E-state index contributed by atoms with van der Waals surface area (Å²) in [6.45, 7) is 9.67. The topological polar surface area (TPSA) is 75.7 Å². The van der Waals surface area contributed by atoms with Crippen LogP contribution in [-0.2, 0) is 14.8 Å². The van der Waals surface area contributed by atoms with Gasteiger partial charge in [-0.3, -0.25) is 9.10 Å². The second-order valence-electron chi connectivity index (χ2n) is 7.97. The van der Waals surface area contributed by atoms with Crippen LogP contribution in [0.15, 0.2) is 47.4 Å². The lowest BCUT2D eigenvalue weighted by atomic mass is 10.1. The van der Waals surface area contributed by atoms with Crippen molar-refractivity contribution in [3.8, 4) is 5.75 Å². The molecule has 0 saturated heterocycles. The van der Waals surface area contributed by atoms with Crippen molar-refractivity contribution < 1.29 is 17.9 Å². The Morgan fingerprint density at radius 3 is 2.31 bits per heavy atom. The normalized spacial score (nSPS) is 17.4. The van der Waals surface area contributed by atoms with Gasteiger partial charge in [-0.05, 0) is 56.5 Å². The fraction of sp³-hybridized carbons (Fsp3) is 0.409. The van der Waals surface area contributed by atoms with Crippen LogP contribution in [0.4, 0.5) is 5.69 Å². The SMILES string of the molecule is Cc1ccc(S(=O)(=O)N2C[C@H](C(=O)N[C@@H](C)C(C)C)Oc3cc(C)ccc32)cc1. The highest BCUT2D eigenvalue weighted by atomic mass is 32.2. The first-order valence-corrected chi connectivity index (χ1v) is 11.2. The van der Waals surface area contributed by atoms with Crippen molar-refractivity contribution in [3.05, 3.63) is 53.6 Å². The van der Waals surface area contributed by atoms with Crippen molar-refractivity contribution in [1.82, 2.24) is 5.32 Å². The Bertz CT molecular complexity index is 1000. The Morgan fingerprint density at radius 1 is 1.07 bits per heavy atom. The van der Waals surface area contributed by atoms with E-state index < -0.39 is 16.1 Å². The van der Waals surface area contributed by atoms with Crippen molar-refractivity contribution in [3.63, 3.8) is 0 Å². The monoisotopic (exact) mass is 416 g/mol. The minimum atomic E-state index is -3.84. The summed E-state index contributed by atoms with van der Waals surface area (Å²) in [4.78, 5) is 13.0. The van der Waals surface area contributed by atoms with E-state index in [2.05, 4.69) is 5.32 Å². The third-order valence-corrected chi connectivity index (χ3v) is 7.05. The number of aryl methyl sites for hydroxylation is 2. The van der Waals surface area contributed by atoms with E-state index in [9.17, 15) is 13.2 Å².